The van der Waals surface area contributed by atoms with Crippen LogP contribution in [0.1, 0.15) is 44.4 Å². The molecule has 1 atom stereocenters. The second kappa shape index (κ2) is 10.3. The first-order chi connectivity index (χ1) is 16.4. The Balaban J connectivity index is 1.60. The molecule has 0 spiro atoms. The SMILES string of the molecule is Cc1c(CCO)cc(CC2=NNC(O)c3ccccc32)cc1C(=O)N1CCN(C(=O)CN)CC1. The number of hydrogen-bond acceptors (Lipinski definition) is 7. The van der Waals surface area contributed by atoms with Crippen LogP contribution in [0, 0.1) is 6.92 Å². The average molecular weight is 466 g/mol. The number of piperazine rings is 1. The lowest BCUT2D eigenvalue weighted by molar-refractivity contribution is -0.131. The van der Waals surface area contributed by atoms with Gasteiger partial charge in [0.2, 0.25) is 5.91 Å². The van der Waals surface area contributed by atoms with Gasteiger partial charge < -0.3 is 25.7 Å². The molecule has 9 heteroatoms. The molecule has 0 saturated carbocycles. The number of hydrogen-bond donors (Lipinski definition) is 4. The quantitative estimate of drug-likeness (QED) is 0.486. The van der Waals surface area contributed by atoms with Crippen LogP contribution in [0.4, 0.5) is 0 Å². The van der Waals surface area contributed by atoms with Crippen molar-refractivity contribution < 1.29 is 19.8 Å². The standard InChI is InChI=1S/C25H31N5O4/c1-16-18(6-11-31)12-17(14-22-19-4-2-3-5-20(19)24(33)28-27-22)13-21(16)25(34)30-9-7-29(8-10-30)23(32)15-26/h2-5,12-13,24,28,31,33H,6-11,14-15,26H2,1H3. The fourth-order valence-electron chi connectivity index (χ4n) is 4.60. The minimum atomic E-state index is -0.857. The van der Waals surface area contributed by atoms with E-state index in [4.69, 9.17) is 5.73 Å². The van der Waals surface area contributed by atoms with E-state index in [1.165, 1.54) is 0 Å². The number of nitrogens with one attached hydrogen (secondary N) is 1. The van der Waals surface area contributed by atoms with Crippen LogP contribution in [-0.2, 0) is 17.6 Å². The van der Waals surface area contributed by atoms with Gasteiger partial charge in [0.25, 0.3) is 5.91 Å². The molecule has 9 nitrogen and oxygen atoms in total. The fourth-order valence-corrected chi connectivity index (χ4v) is 4.60. The van der Waals surface area contributed by atoms with Gasteiger partial charge in [0.15, 0.2) is 6.23 Å². The van der Waals surface area contributed by atoms with Gasteiger partial charge in [0.05, 0.1) is 12.3 Å². The van der Waals surface area contributed by atoms with Crippen molar-refractivity contribution in [2.75, 3.05) is 39.3 Å². The third-order valence-corrected chi connectivity index (χ3v) is 6.54. The Bertz CT molecular complexity index is 1110. The van der Waals surface area contributed by atoms with Crippen molar-refractivity contribution >= 4 is 17.5 Å². The van der Waals surface area contributed by atoms with Crippen LogP contribution in [-0.4, -0.2) is 76.9 Å². The molecule has 2 amide bonds. The summed E-state index contributed by atoms with van der Waals surface area (Å²) in [5, 5.41) is 24.2. The zero-order valence-electron chi connectivity index (χ0n) is 19.3. The number of benzene rings is 2. The zero-order valence-corrected chi connectivity index (χ0v) is 19.3. The number of carbonyl (C=O) groups is 2. The van der Waals surface area contributed by atoms with Crippen molar-refractivity contribution in [3.05, 3.63) is 69.8 Å². The van der Waals surface area contributed by atoms with Gasteiger partial charge in [-0.25, -0.2) is 0 Å². The van der Waals surface area contributed by atoms with Gasteiger partial charge in [-0.2, -0.15) is 5.10 Å². The number of fused-ring (bicyclic) bond motifs is 1. The highest BCUT2D eigenvalue weighted by Crippen LogP contribution is 2.25. The molecule has 2 aromatic carbocycles. The van der Waals surface area contributed by atoms with E-state index in [-0.39, 0.29) is 25.0 Å². The van der Waals surface area contributed by atoms with Crippen LogP contribution in [0.3, 0.4) is 0 Å². The number of rotatable bonds is 6. The van der Waals surface area contributed by atoms with Crippen LogP contribution >= 0.6 is 0 Å². The molecule has 1 saturated heterocycles. The third kappa shape index (κ3) is 4.82. The molecule has 0 aliphatic carbocycles. The number of hydrazone groups is 1. The van der Waals surface area contributed by atoms with Gasteiger partial charge >= 0.3 is 0 Å². The summed E-state index contributed by atoms with van der Waals surface area (Å²) in [4.78, 5) is 28.8. The van der Waals surface area contributed by atoms with Gasteiger partial charge in [-0.3, -0.25) is 15.0 Å². The van der Waals surface area contributed by atoms with Gasteiger partial charge in [0.1, 0.15) is 0 Å². The summed E-state index contributed by atoms with van der Waals surface area (Å²) in [6.07, 6.45) is 0.0534. The average Bonchev–Trinajstić information content (AvgIpc) is 2.87. The third-order valence-electron chi connectivity index (χ3n) is 6.54. The number of nitrogens with two attached hydrogens (primary N) is 1. The Labute approximate surface area is 198 Å². The number of aliphatic hydroxyl groups excluding tert-OH is 2. The second-order valence-corrected chi connectivity index (χ2v) is 8.63. The maximum absolute atomic E-state index is 13.5. The van der Waals surface area contributed by atoms with Crippen molar-refractivity contribution in [2.24, 2.45) is 10.8 Å². The first-order valence-electron chi connectivity index (χ1n) is 11.5. The monoisotopic (exact) mass is 465 g/mol. The molecule has 2 heterocycles. The van der Waals surface area contributed by atoms with Crippen molar-refractivity contribution in [3.63, 3.8) is 0 Å². The van der Waals surface area contributed by atoms with Crippen molar-refractivity contribution in [2.45, 2.75) is 26.0 Å². The Morgan fingerprint density at radius 1 is 1.15 bits per heavy atom. The van der Waals surface area contributed by atoms with Crippen molar-refractivity contribution in [1.82, 2.24) is 15.2 Å². The molecule has 0 bridgehead atoms. The van der Waals surface area contributed by atoms with E-state index in [2.05, 4.69) is 10.5 Å². The molecule has 180 valence electrons. The topological polar surface area (TPSA) is 131 Å². The summed E-state index contributed by atoms with van der Waals surface area (Å²) in [6, 6.07) is 11.5. The van der Waals surface area contributed by atoms with Crippen LogP contribution < -0.4 is 11.2 Å². The predicted molar refractivity (Wildman–Crippen MR) is 128 cm³/mol. The zero-order chi connectivity index (χ0) is 24.2. The summed E-state index contributed by atoms with van der Waals surface area (Å²) in [7, 11) is 0. The normalized spacial score (nSPS) is 17.6. The maximum atomic E-state index is 13.5. The highest BCUT2D eigenvalue weighted by atomic mass is 16.3. The van der Waals surface area contributed by atoms with E-state index in [1.54, 1.807) is 9.80 Å². The Morgan fingerprint density at radius 2 is 1.85 bits per heavy atom. The molecule has 1 fully saturated rings. The summed E-state index contributed by atoms with van der Waals surface area (Å²) in [5.74, 6) is -0.194. The van der Waals surface area contributed by atoms with E-state index in [0.29, 0.717) is 44.6 Å². The molecular formula is C25H31N5O4. The number of amides is 2. The van der Waals surface area contributed by atoms with Gasteiger partial charge in [0, 0.05) is 55.9 Å². The smallest absolute Gasteiger partial charge is 0.254 e. The molecular weight excluding hydrogens is 434 g/mol. The molecule has 4 rings (SSSR count). The van der Waals surface area contributed by atoms with Crippen molar-refractivity contribution in [3.8, 4) is 0 Å². The largest absolute Gasteiger partial charge is 0.396 e. The summed E-state index contributed by atoms with van der Waals surface area (Å²) in [5.41, 5.74) is 13.9. The van der Waals surface area contributed by atoms with Gasteiger partial charge in [-0.05, 0) is 36.1 Å². The lowest BCUT2D eigenvalue weighted by atomic mass is 9.91. The second-order valence-electron chi connectivity index (χ2n) is 8.63. The predicted octanol–water partition coefficient (Wildman–Crippen LogP) is 0.314. The van der Waals surface area contributed by atoms with E-state index >= 15 is 0 Å². The lowest BCUT2D eigenvalue weighted by Gasteiger charge is -2.35. The van der Waals surface area contributed by atoms with Crippen LogP contribution in [0.15, 0.2) is 41.5 Å². The molecule has 0 radical (unpaired) electrons. The van der Waals surface area contributed by atoms with Gasteiger partial charge in [-0.15, -0.1) is 0 Å². The highest BCUT2D eigenvalue weighted by Gasteiger charge is 2.27. The lowest BCUT2D eigenvalue weighted by Crippen LogP contribution is -2.52. The van der Waals surface area contributed by atoms with E-state index in [9.17, 15) is 19.8 Å². The Kier molecular flexibility index (Phi) is 7.26. The molecule has 5 N–H and O–H groups in total. The Hall–Kier alpha value is -3.27. The highest BCUT2D eigenvalue weighted by molar-refractivity contribution is 6.04. The molecule has 34 heavy (non-hydrogen) atoms. The first-order valence-corrected chi connectivity index (χ1v) is 11.5. The minimum Gasteiger partial charge on any atom is -0.396 e. The number of nitrogens with zero attached hydrogens (tertiary/aromatic N) is 3. The maximum Gasteiger partial charge on any atom is 0.254 e. The molecule has 2 aliphatic heterocycles. The fraction of sp³-hybridized carbons (Fsp3) is 0.400. The van der Waals surface area contributed by atoms with Crippen LogP contribution in [0.5, 0.6) is 0 Å². The minimum absolute atomic E-state index is 0.0185. The summed E-state index contributed by atoms with van der Waals surface area (Å²) in [6.45, 7) is 3.68. The summed E-state index contributed by atoms with van der Waals surface area (Å²) >= 11 is 0. The molecule has 1 unspecified atom stereocenters. The first kappa shape index (κ1) is 23.9. The molecule has 2 aliphatic rings. The van der Waals surface area contributed by atoms with E-state index in [0.717, 1.165) is 33.5 Å². The van der Waals surface area contributed by atoms with Crippen LogP contribution in [0.2, 0.25) is 0 Å². The van der Waals surface area contributed by atoms with Crippen molar-refractivity contribution in [1.29, 1.82) is 0 Å². The molecule has 0 aromatic heterocycles. The Morgan fingerprint density at radius 3 is 2.56 bits per heavy atom. The number of aliphatic hydroxyl groups is 2. The van der Waals surface area contributed by atoms with E-state index in [1.807, 2.05) is 43.3 Å². The number of carbonyl (C=O) groups excluding carboxylic acids is 2. The summed E-state index contributed by atoms with van der Waals surface area (Å²) < 4.78 is 0. The van der Waals surface area contributed by atoms with Gasteiger partial charge in [-0.1, -0.05) is 30.3 Å². The van der Waals surface area contributed by atoms with Crippen LogP contribution in [0.25, 0.3) is 0 Å². The van der Waals surface area contributed by atoms with E-state index < -0.39 is 6.23 Å². The molecule has 2 aromatic rings.